The minimum absolute atomic E-state index is 0.662. The molecule has 0 saturated heterocycles. The SMILES string of the molecule is C#CCC(C)CCNCC(C)C. The van der Waals surface area contributed by atoms with Gasteiger partial charge < -0.3 is 5.32 Å². The number of rotatable bonds is 6. The van der Waals surface area contributed by atoms with E-state index in [0.29, 0.717) is 5.92 Å². The molecule has 0 aromatic rings. The highest BCUT2D eigenvalue weighted by Crippen LogP contribution is 2.04. The monoisotopic (exact) mass is 167 g/mol. The first-order chi connectivity index (χ1) is 5.66. The average Bonchev–Trinajstić information content (AvgIpc) is 1.98. The molecule has 1 heteroatoms. The second-order valence-corrected chi connectivity index (χ2v) is 3.90. The fourth-order valence-corrected chi connectivity index (χ4v) is 1.04. The summed E-state index contributed by atoms with van der Waals surface area (Å²) < 4.78 is 0. The molecule has 0 aliphatic carbocycles. The lowest BCUT2D eigenvalue weighted by atomic mass is 10.0. The van der Waals surface area contributed by atoms with E-state index in [1.807, 2.05) is 0 Å². The molecule has 12 heavy (non-hydrogen) atoms. The molecule has 0 radical (unpaired) electrons. The molecule has 1 atom stereocenters. The van der Waals surface area contributed by atoms with E-state index in [-0.39, 0.29) is 0 Å². The van der Waals surface area contributed by atoms with E-state index in [1.54, 1.807) is 0 Å². The molecule has 0 saturated carbocycles. The van der Waals surface area contributed by atoms with E-state index in [1.165, 1.54) is 6.42 Å². The number of hydrogen-bond donors (Lipinski definition) is 1. The Labute approximate surface area is 76.9 Å². The zero-order chi connectivity index (χ0) is 9.40. The van der Waals surface area contributed by atoms with Crippen LogP contribution in [0.5, 0.6) is 0 Å². The number of hydrogen-bond acceptors (Lipinski definition) is 1. The average molecular weight is 167 g/mol. The van der Waals surface area contributed by atoms with E-state index in [0.717, 1.165) is 25.4 Å². The Morgan fingerprint density at radius 2 is 2.00 bits per heavy atom. The largest absolute Gasteiger partial charge is 0.316 e. The quantitative estimate of drug-likeness (QED) is 0.473. The van der Waals surface area contributed by atoms with Crippen molar-refractivity contribution in [1.29, 1.82) is 0 Å². The van der Waals surface area contributed by atoms with Gasteiger partial charge in [0.25, 0.3) is 0 Å². The lowest BCUT2D eigenvalue weighted by Gasteiger charge is -2.10. The summed E-state index contributed by atoms with van der Waals surface area (Å²) in [7, 11) is 0. The van der Waals surface area contributed by atoms with Crippen LogP contribution in [0, 0.1) is 24.2 Å². The molecule has 0 fully saturated rings. The molecule has 0 rings (SSSR count). The van der Waals surface area contributed by atoms with Crippen molar-refractivity contribution < 1.29 is 0 Å². The van der Waals surface area contributed by atoms with Crippen LogP contribution in [0.15, 0.2) is 0 Å². The minimum atomic E-state index is 0.662. The third kappa shape index (κ3) is 7.63. The predicted molar refractivity (Wildman–Crippen MR) is 54.9 cm³/mol. The Morgan fingerprint density at radius 3 is 2.50 bits per heavy atom. The van der Waals surface area contributed by atoms with Crippen LogP contribution in [0.1, 0.15) is 33.6 Å². The van der Waals surface area contributed by atoms with Gasteiger partial charge in [-0.25, -0.2) is 0 Å². The summed E-state index contributed by atoms with van der Waals surface area (Å²) in [6.45, 7) is 8.86. The predicted octanol–water partition coefficient (Wildman–Crippen LogP) is 2.28. The van der Waals surface area contributed by atoms with Gasteiger partial charge in [-0.3, -0.25) is 0 Å². The van der Waals surface area contributed by atoms with E-state index in [2.05, 4.69) is 32.0 Å². The van der Waals surface area contributed by atoms with Crippen LogP contribution in [0.3, 0.4) is 0 Å². The van der Waals surface area contributed by atoms with Gasteiger partial charge >= 0.3 is 0 Å². The highest BCUT2D eigenvalue weighted by Gasteiger charge is 1.99. The van der Waals surface area contributed by atoms with Crippen LogP contribution in [-0.4, -0.2) is 13.1 Å². The van der Waals surface area contributed by atoms with Crippen LogP contribution in [0.2, 0.25) is 0 Å². The Kier molecular flexibility index (Phi) is 6.90. The standard InChI is InChI=1S/C11H21N/c1-5-6-11(4)7-8-12-9-10(2)3/h1,10-12H,6-9H2,2-4H3. The lowest BCUT2D eigenvalue weighted by Crippen LogP contribution is -2.22. The van der Waals surface area contributed by atoms with E-state index < -0.39 is 0 Å². The van der Waals surface area contributed by atoms with Gasteiger partial charge in [0.05, 0.1) is 0 Å². The van der Waals surface area contributed by atoms with Crippen molar-refractivity contribution >= 4 is 0 Å². The first kappa shape index (κ1) is 11.5. The highest BCUT2D eigenvalue weighted by atomic mass is 14.8. The summed E-state index contributed by atoms with van der Waals surface area (Å²) >= 11 is 0. The highest BCUT2D eigenvalue weighted by molar-refractivity contribution is 4.85. The number of terminal acetylenes is 1. The van der Waals surface area contributed by atoms with Crippen LogP contribution in [0.25, 0.3) is 0 Å². The summed E-state index contributed by atoms with van der Waals surface area (Å²) in [5, 5.41) is 3.41. The van der Waals surface area contributed by atoms with Crippen LogP contribution in [0.4, 0.5) is 0 Å². The molecule has 0 amide bonds. The Hall–Kier alpha value is -0.480. The van der Waals surface area contributed by atoms with Crippen molar-refractivity contribution in [3.63, 3.8) is 0 Å². The zero-order valence-electron chi connectivity index (χ0n) is 8.56. The second-order valence-electron chi connectivity index (χ2n) is 3.90. The topological polar surface area (TPSA) is 12.0 Å². The second kappa shape index (κ2) is 7.18. The number of nitrogens with one attached hydrogen (secondary N) is 1. The zero-order valence-corrected chi connectivity index (χ0v) is 8.56. The molecular weight excluding hydrogens is 146 g/mol. The van der Waals surface area contributed by atoms with Gasteiger partial charge in [-0.2, -0.15) is 0 Å². The molecule has 0 aromatic heterocycles. The Balaban J connectivity index is 3.15. The van der Waals surface area contributed by atoms with Gasteiger partial charge in [0, 0.05) is 6.42 Å². The smallest absolute Gasteiger partial charge is 0.0112 e. The van der Waals surface area contributed by atoms with Gasteiger partial charge in [0.15, 0.2) is 0 Å². The fourth-order valence-electron chi connectivity index (χ4n) is 1.04. The van der Waals surface area contributed by atoms with Crippen LogP contribution < -0.4 is 5.32 Å². The maximum Gasteiger partial charge on any atom is 0.0112 e. The summed E-state index contributed by atoms with van der Waals surface area (Å²) in [6, 6.07) is 0. The summed E-state index contributed by atoms with van der Waals surface area (Å²) in [6.07, 6.45) is 7.31. The minimum Gasteiger partial charge on any atom is -0.316 e. The van der Waals surface area contributed by atoms with Crippen molar-refractivity contribution in [3.05, 3.63) is 0 Å². The Morgan fingerprint density at radius 1 is 1.33 bits per heavy atom. The normalized spacial score (nSPS) is 12.9. The van der Waals surface area contributed by atoms with Crippen molar-refractivity contribution in [2.24, 2.45) is 11.8 Å². The van der Waals surface area contributed by atoms with E-state index in [9.17, 15) is 0 Å². The molecule has 0 aliphatic heterocycles. The van der Waals surface area contributed by atoms with E-state index >= 15 is 0 Å². The molecule has 0 bridgehead atoms. The molecule has 0 heterocycles. The van der Waals surface area contributed by atoms with Crippen molar-refractivity contribution in [1.82, 2.24) is 5.32 Å². The summed E-state index contributed by atoms with van der Waals surface area (Å²) in [5.41, 5.74) is 0. The third-order valence-corrected chi connectivity index (χ3v) is 1.83. The maximum atomic E-state index is 5.21. The van der Waals surface area contributed by atoms with Crippen molar-refractivity contribution in [3.8, 4) is 12.3 Å². The first-order valence-electron chi connectivity index (χ1n) is 4.81. The lowest BCUT2D eigenvalue weighted by molar-refractivity contribution is 0.482. The van der Waals surface area contributed by atoms with Gasteiger partial charge in [0.1, 0.15) is 0 Å². The summed E-state index contributed by atoms with van der Waals surface area (Å²) in [5.74, 6) is 4.09. The molecule has 70 valence electrons. The molecular formula is C11H21N. The van der Waals surface area contributed by atoms with Gasteiger partial charge in [0.2, 0.25) is 0 Å². The summed E-state index contributed by atoms with van der Waals surface area (Å²) in [4.78, 5) is 0. The molecule has 0 aromatic carbocycles. The van der Waals surface area contributed by atoms with Crippen LogP contribution in [-0.2, 0) is 0 Å². The van der Waals surface area contributed by atoms with Gasteiger partial charge in [-0.05, 0) is 31.3 Å². The first-order valence-corrected chi connectivity index (χ1v) is 4.81. The van der Waals surface area contributed by atoms with E-state index in [4.69, 9.17) is 6.42 Å². The molecule has 1 unspecified atom stereocenters. The fraction of sp³-hybridized carbons (Fsp3) is 0.818. The molecule has 0 spiro atoms. The molecule has 1 N–H and O–H groups in total. The van der Waals surface area contributed by atoms with Crippen molar-refractivity contribution in [2.45, 2.75) is 33.6 Å². The molecule has 0 aliphatic rings. The third-order valence-electron chi connectivity index (χ3n) is 1.83. The maximum absolute atomic E-state index is 5.21. The van der Waals surface area contributed by atoms with Gasteiger partial charge in [-0.1, -0.05) is 20.8 Å². The Bertz CT molecular complexity index is 132. The van der Waals surface area contributed by atoms with Crippen molar-refractivity contribution in [2.75, 3.05) is 13.1 Å². The van der Waals surface area contributed by atoms with Gasteiger partial charge in [-0.15, -0.1) is 12.3 Å². The van der Waals surface area contributed by atoms with Crippen LogP contribution >= 0.6 is 0 Å². The molecule has 1 nitrogen and oxygen atoms in total.